The number of nitrogens with one attached hydrogen (secondary N) is 2. The van der Waals surface area contributed by atoms with Crippen LogP contribution in [0.1, 0.15) is 38.0 Å². The van der Waals surface area contributed by atoms with Crippen molar-refractivity contribution in [1.29, 1.82) is 0 Å². The van der Waals surface area contributed by atoms with Gasteiger partial charge in [-0.1, -0.05) is 31.2 Å². The smallest absolute Gasteiger partial charge is 0.320 e. The molecule has 1 fully saturated rings. The Hall–Kier alpha value is -3.54. The highest BCUT2D eigenvalue weighted by atomic mass is 19.2. The van der Waals surface area contributed by atoms with E-state index in [1.165, 1.54) is 6.07 Å². The van der Waals surface area contributed by atoms with E-state index in [2.05, 4.69) is 15.7 Å². The Morgan fingerprint density at radius 3 is 2.59 bits per heavy atom. The van der Waals surface area contributed by atoms with Gasteiger partial charge in [0.2, 0.25) is 5.88 Å². The topological polar surface area (TPSA) is 101 Å². The molecule has 4 rings (SSSR count). The van der Waals surface area contributed by atoms with Crippen molar-refractivity contribution >= 4 is 11.8 Å². The normalized spacial score (nSPS) is 18.1. The average Bonchev–Trinajstić information content (AvgIpc) is 3.40. The number of carbonyl (C=O) groups excluding carboxylic acids is 1. The SMILES string of the molecule is CCN1C[C@@H](NC(=O)Nc2c(C)c(OCC(C)(C)O)nn2-c2ccccc2)[C@H](c2ccc(F)c(F)c2)O1. The van der Waals surface area contributed by atoms with Gasteiger partial charge in [0.15, 0.2) is 11.6 Å². The molecular formula is C26H31F2N5O4. The van der Waals surface area contributed by atoms with E-state index in [0.717, 1.165) is 12.1 Å². The number of aliphatic hydroxyl groups is 1. The number of likely N-dealkylation sites (N-methyl/N-ethyl adjacent to an activating group) is 1. The van der Waals surface area contributed by atoms with Crippen LogP contribution in [-0.2, 0) is 4.84 Å². The van der Waals surface area contributed by atoms with Crippen LogP contribution in [-0.4, -0.2) is 57.3 Å². The van der Waals surface area contributed by atoms with Crippen molar-refractivity contribution in [2.45, 2.75) is 45.4 Å². The minimum atomic E-state index is -1.07. The molecule has 0 saturated carbocycles. The minimum absolute atomic E-state index is 0.00740. The third kappa shape index (κ3) is 6.24. The lowest BCUT2D eigenvalue weighted by Crippen LogP contribution is -2.42. The second-order valence-electron chi connectivity index (χ2n) is 9.51. The number of benzene rings is 2. The molecular weight excluding hydrogens is 484 g/mol. The van der Waals surface area contributed by atoms with Gasteiger partial charge in [0.25, 0.3) is 0 Å². The first kappa shape index (κ1) is 26.5. The fraction of sp³-hybridized carbons (Fsp3) is 0.385. The average molecular weight is 516 g/mol. The molecule has 0 bridgehead atoms. The quantitative estimate of drug-likeness (QED) is 0.418. The fourth-order valence-corrected chi connectivity index (χ4v) is 3.97. The van der Waals surface area contributed by atoms with E-state index in [-0.39, 0.29) is 12.5 Å². The Labute approximate surface area is 213 Å². The predicted octanol–water partition coefficient (Wildman–Crippen LogP) is 4.11. The first-order valence-electron chi connectivity index (χ1n) is 12.0. The van der Waals surface area contributed by atoms with Crippen molar-refractivity contribution in [1.82, 2.24) is 20.2 Å². The van der Waals surface area contributed by atoms with Gasteiger partial charge in [-0.15, -0.1) is 5.10 Å². The van der Waals surface area contributed by atoms with Crippen LogP contribution in [0, 0.1) is 18.6 Å². The van der Waals surface area contributed by atoms with Gasteiger partial charge in [-0.3, -0.25) is 10.2 Å². The number of amides is 2. The van der Waals surface area contributed by atoms with Gasteiger partial charge in [0, 0.05) is 13.1 Å². The zero-order valence-electron chi connectivity index (χ0n) is 21.2. The molecule has 2 amide bonds. The van der Waals surface area contributed by atoms with E-state index in [9.17, 15) is 18.7 Å². The van der Waals surface area contributed by atoms with Crippen LogP contribution in [0.4, 0.5) is 19.4 Å². The molecule has 198 valence electrons. The van der Waals surface area contributed by atoms with Crippen molar-refractivity contribution in [3.63, 3.8) is 0 Å². The monoisotopic (exact) mass is 515 g/mol. The summed E-state index contributed by atoms with van der Waals surface area (Å²) in [6.45, 7) is 7.79. The van der Waals surface area contributed by atoms with Crippen LogP contribution in [0.2, 0.25) is 0 Å². The third-order valence-corrected chi connectivity index (χ3v) is 5.84. The number of rotatable bonds is 8. The van der Waals surface area contributed by atoms with Crippen LogP contribution in [0.25, 0.3) is 5.69 Å². The number of hydrogen-bond donors (Lipinski definition) is 3. The summed E-state index contributed by atoms with van der Waals surface area (Å²) in [5, 5.41) is 22.0. The number of aromatic nitrogens is 2. The third-order valence-electron chi connectivity index (χ3n) is 5.84. The number of ether oxygens (including phenoxy) is 1. The van der Waals surface area contributed by atoms with E-state index in [4.69, 9.17) is 9.57 Å². The second kappa shape index (κ2) is 10.8. The van der Waals surface area contributed by atoms with E-state index in [0.29, 0.717) is 35.7 Å². The molecule has 1 aliphatic heterocycles. The molecule has 37 heavy (non-hydrogen) atoms. The van der Waals surface area contributed by atoms with Gasteiger partial charge in [0.1, 0.15) is 18.5 Å². The van der Waals surface area contributed by atoms with Gasteiger partial charge in [-0.05, 0) is 50.6 Å². The number of halogens is 2. The molecule has 9 nitrogen and oxygen atoms in total. The second-order valence-corrected chi connectivity index (χ2v) is 9.51. The van der Waals surface area contributed by atoms with E-state index in [1.807, 2.05) is 37.3 Å². The van der Waals surface area contributed by atoms with Crippen molar-refractivity contribution in [3.05, 3.63) is 71.3 Å². The Balaban J connectivity index is 1.57. The molecule has 0 unspecified atom stereocenters. The maximum Gasteiger partial charge on any atom is 0.320 e. The summed E-state index contributed by atoms with van der Waals surface area (Å²) < 4.78 is 34.7. The summed E-state index contributed by atoms with van der Waals surface area (Å²) in [6, 6.07) is 11.7. The van der Waals surface area contributed by atoms with Crippen molar-refractivity contribution < 1.29 is 28.3 Å². The molecule has 2 atom stereocenters. The van der Waals surface area contributed by atoms with Crippen LogP contribution in [0.15, 0.2) is 48.5 Å². The number of hydroxylamine groups is 2. The minimum Gasteiger partial charge on any atom is -0.473 e. The van der Waals surface area contributed by atoms with Crippen LogP contribution < -0.4 is 15.4 Å². The Kier molecular flexibility index (Phi) is 7.76. The highest BCUT2D eigenvalue weighted by Crippen LogP contribution is 2.31. The Morgan fingerprint density at radius 2 is 1.95 bits per heavy atom. The standard InChI is InChI=1S/C26H31F2N5O4/c1-5-32-14-21(22(37-32)17-11-12-19(27)20(28)13-17)29-25(34)30-23-16(2)24(36-15-26(3,4)35)31-33(23)18-9-7-6-8-10-18/h6-13,21-22,35H,5,14-15H2,1-4H3,(H2,29,30,34)/t21-,22+/m1/s1. The summed E-state index contributed by atoms with van der Waals surface area (Å²) in [5.41, 5.74) is 0.599. The van der Waals surface area contributed by atoms with Crippen molar-refractivity contribution in [2.24, 2.45) is 0 Å². The van der Waals surface area contributed by atoms with Gasteiger partial charge in [0.05, 0.1) is 22.9 Å². The largest absolute Gasteiger partial charge is 0.473 e. The highest BCUT2D eigenvalue weighted by molar-refractivity contribution is 5.90. The Bertz CT molecular complexity index is 1250. The summed E-state index contributed by atoms with van der Waals surface area (Å²) in [7, 11) is 0. The lowest BCUT2D eigenvalue weighted by Gasteiger charge is -2.20. The Morgan fingerprint density at radius 1 is 1.22 bits per heavy atom. The fourth-order valence-electron chi connectivity index (χ4n) is 3.97. The predicted molar refractivity (Wildman–Crippen MR) is 133 cm³/mol. The molecule has 0 spiro atoms. The molecule has 0 aliphatic carbocycles. The molecule has 1 saturated heterocycles. The molecule has 1 aromatic heterocycles. The summed E-state index contributed by atoms with van der Waals surface area (Å²) in [4.78, 5) is 19.1. The number of nitrogens with zero attached hydrogens (tertiary/aromatic N) is 3. The van der Waals surface area contributed by atoms with E-state index < -0.39 is 35.4 Å². The zero-order valence-corrected chi connectivity index (χ0v) is 21.2. The maximum atomic E-state index is 13.9. The van der Waals surface area contributed by atoms with Crippen LogP contribution in [0.3, 0.4) is 0 Å². The molecule has 11 heteroatoms. The van der Waals surface area contributed by atoms with Crippen LogP contribution >= 0.6 is 0 Å². The molecule has 1 aliphatic rings. The maximum absolute atomic E-state index is 13.9. The molecule has 3 aromatic rings. The number of anilines is 1. The number of para-hydroxylation sites is 1. The summed E-state index contributed by atoms with van der Waals surface area (Å²) in [5.74, 6) is -1.30. The van der Waals surface area contributed by atoms with Gasteiger partial charge in [-0.25, -0.2) is 18.3 Å². The summed E-state index contributed by atoms with van der Waals surface area (Å²) >= 11 is 0. The summed E-state index contributed by atoms with van der Waals surface area (Å²) in [6.07, 6.45) is -0.702. The lowest BCUT2D eigenvalue weighted by atomic mass is 10.0. The van der Waals surface area contributed by atoms with E-state index >= 15 is 0 Å². The number of hydrogen-bond acceptors (Lipinski definition) is 6. The van der Waals surface area contributed by atoms with Crippen molar-refractivity contribution in [2.75, 3.05) is 25.0 Å². The first-order valence-corrected chi connectivity index (χ1v) is 12.0. The zero-order chi connectivity index (χ0) is 26.7. The first-order chi connectivity index (χ1) is 17.6. The lowest BCUT2D eigenvalue weighted by molar-refractivity contribution is -0.144. The van der Waals surface area contributed by atoms with E-state index in [1.54, 1.807) is 30.5 Å². The van der Waals surface area contributed by atoms with Crippen molar-refractivity contribution in [3.8, 4) is 11.6 Å². The molecule has 2 aromatic carbocycles. The van der Waals surface area contributed by atoms with Gasteiger partial charge >= 0.3 is 6.03 Å². The molecule has 2 heterocycles. The molecule has 0 radical (unpaired) electrons. The van der Waals surface area contributed by atoms with Gasteiger partial charge < -0.3 is 15.2 Å². The van der Waals surface area contributed by atoms with Crippen LogP contribution in [0.5, 0.6) is 5.88 Å². The van der Waals surface area contributed by atoms with Gasteiger partial charge in [-0.2, -0.15) is 5.06 Å². The number of carbonyl (C=O) groups is 1. The number of urea groups is 1. The highest BCUT2D eigenvalue weighted by Gasteiger charge is 2.36. The molecule has 3 N–H and O–H groups in total.